The summed E-state index contributed by atoms with van der Waals surface area (Å²) in [5.41, 5.74) is 1.71. The zero-order valence-corrected chi connectivity index (χ0v) is 14.0. The largest absolute Gasteiger partial charge is 0.494 e. The van der Waals surface area contributed by atoms with Gasteiger partial charge in [0.15, 0.2) is 11.6 Å². The first-order valence-corrected chi connectivity index (χ1v) is 8.12. The number of hydrogen-bond donors (Lipinski definition) is 0. The quantitative estimate of drug-likeness (QED) is 0.835. The number of carbonyl (C=O) groups is 1. The van der Waals surface area contributed by atoms with E-state index in [0.717, 1.165) is 11.1 Å². The second-order valence-corrected chi connectivity index (χ2v) is 6.12. The molecule has 0 spiro atoms. The van der Waals surface area contributed by atoms with Crippen molar-refractivity contribution in [3.05, 3.63) is 65.2 Å². The summed E-state index contributed by atoms with van der Waals surface area (Å²) in [6.45, 7) is 2.57. The lowest BCUT2D eigenvalue weighted by Crippen LogP contribution is -2.49. The van der Waals surface area contributed by atoms with E-state index in [1.54, 1.807) is 29.2 Å². The smallest absolute Gasteiger partial charge is 0.237 e. The van der Waals surface area contributed by atoms with E-state index < -0.39 is 5.82 Å². The van der Waals surface area contributed by atoms with Gasteiger partial charge in [-0.25, -0.2) is 8.78 Å². The highest BCUT2D eigenvalue weighted by Crippen LogP contribution is 2.19. The van der Waals surface area contributed by atoms with Crippen LogP contribution in [0, 0.1) is 11.6 Å². The molecule has 0 radical (unpaired) electrons. The van der Waals surface area contributed by atoms with Crippen molar-refractivity contribution >= 4 is 5.91 Å². The van der Waals surface area contributed by atoms with E-state index in [4.69, 9.17) is 4.74 Å². The van der Waals surface area contributed by atoms with E-state index in [2.05, 4.69) is 0 Å². The minimum absolute atomic E-state index is 0.0181. The Kier molecular flexibility index (Phi) is 5.28. The molecular formula is C19H20F2N2O2. The molecule has 3 rings (SSSR count). The molecule has 1 fully saturated rings. The number of piperazine rings is 1. The highest BCUT2D eigenvalue weighted by Gasteiger charge is 2.24. The Morgan fingerprint density at radius 3 is 2.36 bits per heavy atom. The highest BCUT2D eigenvalue weighted by molar-refractivity contribution is 5.79. The summed E-state index contributed by atoms with van der Waals surface area (Å²) >= 11 is 0. The number of amides is 1. The zero-order chi connectivity index (χ0) is 17.8. The van der Waals surface area contributed by atoms with Crippen molar-refractivity contribution in [2.45, 2.75) is 13.1 Å². The molecule has 6 heteroatoms. The van der Waals surface area contributed by atoms with Crippen molar-refractivity contribution in [1.82, 2.24) is 9.80 Å². The molecule has 1 aliphatic rings. The number of carbonyl (C=O) groups excluding carboxylic acids is 1. The lowest BCUT2D eigenvalue weighted by Gasteiger charge is -2.34. The summed E-state index contributed by atoms with van der Waals surface area (Å²) in [5.74, 6) is -0.457. The van der Waals surface area contributed by atoms with Gasteiger partial charge in [-0.3, -0.25) is 9.69 Å². The zero-order valence-electron chi connectivity index (χ0n) is 14.0. The number of ether oxygens (including phenoxy) is 1. The van der Waals surface area contributed by atoms with Crippen molar-refractivity contribution in [2.24, 2.45) is 0 Å². The second-order valence-electron chi connectivity index (χ2n) is 6.12. The molecule has 0 aliphatic carbocycles. The molecule has 2 aromatic carbocycles. The van der Waals surface area contributed by atoms with E-state index in [-0.39, 0.29) is 24.0 Å². The topological polar surface area (TPSA) is 32.8 Å². The molecule has 1 heterocycles. The van der Waals surface area contributed by atoms with Crippen LogP contribution in [-0.4, -0.2) is 42.5 Å². The third-order valence-electron chi connectivity index (χ3n) is 4.31. The van der Waals surface area contributed by atoms with Gasteiger partial charge < -0.3 is 9.64 Å². The van der Waals surface area contributed by atoms with Crippen LogP contribution >= 0.6 is 0 Å². The van der Waals surface area contributed by atoms with Gasteiger partial charge >= 0.3 is 0 Å². The summed E-state index contributed by atoms with van der Waals surface area (Å²) in [6, 6.07) is 11.0. The Labute approximate surface area is 145 Å². The number of nitrogens with zero attached hydrogens (tertiary/aromatic N) is 2. The maximum absolute atomic E-state index is 13.8. The van der Waals surface area contributed by atoms with Crippen molar-refractivity contribution in [2.75, 3.05) is 26.7 Å². The van der Waals surface area contributed by atoms with Crippen molar-refractivity contribution in [3.8, 4) is 5.75 Å². The molecule has 0 N–H and O–H groups in total. The molecule has 1 amide bonds. The van der Waals surface area contributed by atoms with Gasteiger partial charge in [0, 0.05) is 26.2 Å². The van der Waals surface area contributed by atoms with Crippen LogP contribution in [0.15, 0.2) is 42.5 Å². The molecular weight excluding hydrogens is 326 g/mol. The van der Waals surface area contributed by atoms with Crippen LogP contribution in [-0.2, 0) is 17.9 Å². The predicted molar refractivity (Wildman–Crippen MR) is 90.0 cm³/mol. The van der Waals surface area contributed by atoms with Crippen LogP contribution in [0.2, 0.25) is 0 Å². The molecule has 2 aromatic rings. The molecule has 0 atom stereocenters. The van der Waals surface area contributed by atoms with E-state index in [1.807, 2.05) is 4.90 Å². The van der Waals surface area contributed by atoms with Crippen molar-refractivity contribution < 1.29 is 18.3 Å². The third-order valence-corrected chi connectivity index (χ3v) is 4.31. The average molecular weight is 346 g/mol. The van der Waals surface area contributed by atoms with Crippen LogP contribution in [0.5, 0.6) is 5.75 Å². The normalized spacial score (nSPS) is 15.5. The molecule has 1 saturated heterocycles. The Hall–Kier alpha value is -2.47. The van der Waals surface area contributed by atoms with Gasteiger partial charge in [-0.15, -0.1) is 0 Å². The number of benzene rings is 2. The van der Waals surface area contributed by atoms with Crippen molar-refractivity contribution in [1.29, 1.82) is 0 Å². The van der Waals surface area contributed by atoms with Gasteiger partial charge in [0.1, 0.15) is 5.82 Å². The average Bonchev–Trinajstić information content (AvgIpc) is 2.59. The molecule has 132 valence electrons. The Morgan fingerprint density at radius 2 is 1.72 bits per heavy atom. The molecule has 0 saturated carbocycles. The SMILES string of the molecule is COc1ccc(CN2CCN(Cc3ccc(F)cc3)C(=O)C2)cc1F. The fourth-order valence-electron chi connectivity index (χ4n) is 2.94. The highest BCUT2D eigenvalue weighted by atomic mass is 19.1. The van der Waals surface area contributed by atoms with Crippen molar-refractivity contribution in [3.63, 3.8) is 0 Å². The maximum atomic E-state index is 13.8. The molecule has 25 heavy (non-hydrogen) atoms. The summed E-state index contributed by atoms with van der Waals surface area (Å²) in [6.07, 6.45) is 0. The monoisotopic (exact) mass is 346 g/mol. The van der Waals surface area contributed by atoms with E-state index >= 15 is 0 Å². The second kappa shape index (κ2) is 7.61. The number of rotatable bonds is 5. The molecule has 0 bridgehead atoms. The van der Waals surface area contributed by atoms with Crippen LogP contribution in [0.4, 0.5) is 8.78 Å². The Bertz CT molecular complexity index is 750. The summed E-state index contributed by atoms with van der Waals surface area (Å²) < 4.78 is 31.6. The summed E-state index contributed by atoms with van der Waals surface area (Å²) in [7, 11) is 1.43. The first kappa shape index (κ1) is 17.4. The number of methoxy groups -OCH3 is 1. The van der Waals surface area contributed by atoms with E-state index in [9.17, 15) is 13.6 Å². The minimum atomic E-state index is -0.402. The Balaban J connectivity index is 1.57. The van der Waals surface area contributed by atoms with Gasteiger partial charge in [-0.2, -0.15) is 0 Å². The maximum Gasteiger partial charge on any atom is 0.237 e. The standard InChI is InChI=1S/C19H20F2N2O2/c1-25-18-7-4-15(10-17(18)21)11-22-8-9-23(19(24)13-22)12-14-2-5-16(20)6-3-14/h2-7,10H,8-9,11-13H2,1H3. The van der Waals surface area contributed by atoms with Crippen LogP contribution < -0.4 is 4.74 Å². The van der Waals surface area contributed by atoms with E-state index in [1.165, 1.54) is 25.3 Å². The van der Waals surface area contributed by atoms with Gasteiger partial charge in [0.2, 0.25) is 5.91 Å². The minimum Gasteiger partial charge on any atom is -0.494 e. The molecule has 0 unspecified atom stereocenters. The van der Waals surface area contributed by atoms with Crippen LogP contribution in [0.1, 0.15) is 11.1 Å². The summed E-state index contributed by atoms with van der Waals surface area (Å²) in [5, 5.41) is 0. The first-order chi connectivity index (χ1) is 12.0. The van der Waals surface area contributed by atoms with Crippen LogP contribution in [0.25, 0.3) is 0 Å². The fraction of sp³-hybridized carbons (Fsp3) is 0.316. The van der Waals surface area contributed by atoms with E-state index in [0.29, 0.717) is 26.2 Å². The lowest BCUT2D eigenvalue weighted by atomic mass is 10.1. The number of hydrogen-bond acceptors (Lipinski definition) is 3. The molecule has 0 aromatic heterocycles. The van der Waals surface area contributed by atoms with Gasteiger partial charge in [-0.1, -0.05) is 18.2 Å². The first-order valence-electron chi connectivity index (χ1n) is 8.12. The van der Waals surface area contributed by atoms with Crippen LogP contribution in [0.3, 0.4) is 0 Å². The van der Waals surface area contributed by atoms with Gasteiger partial charge in [-0.05, 0) is 35.4 Å². The lowest BCUT2D eigenvalue weighted by molar-refractivity contribution is -0.136. The molecule has 1 aliphatic heterocycles. The number of halogens is 2. The predicted octanol–water partition coefficient (Wildman–Crippen LogP) is 2.82. The fourth-order valence-corrected chi connectivity index (χ4v) is 2.94. The van der Waals surface area contributed by atoms with Gasteiger partial charge in [0.05, 0.1) is 13.7 Å². The Morgan fingerprint density at radius 1 is 1.00 bits per heavy atom. The third kappa shape index (κ3) is 4.33. The summed E-state index contributed by atoms with van der Waals surface area (Å²) in [4.78, 5) is 16.1. The molecule has 4 nitrogen and oxygen atoms in total. The van der Waals surface area contributed by atoms with Gasteiger partial charge in [0.25, 0.3) is 0 Å².